The van der Waals surface area contributed by atoms with Gasteiger partial charge in [-0.3, -0.25) is 9.36 Å². The first-order chi connectivity index (χ1) is 18.7. The second-order valence-corrected chi connectivity index (χ2v) is 10.4. The predicted molar refractivity (Wildman–Crippen MR) is 152 cm³/mol. The van der Waals surface area contributed by atoms with Crippen LogP contribution in [0.5, 0.6) is 0 Å². The highest BCUT2D eigenvalue weighted by atomic mass is 32.2. The average Bonchev–Trinajstić information content (AvgIpc) is 3.62. The SMILES string of the molecule is CSc1ccc(-c2noc(CSc3nc4c(-c5ccccc5)c[nH]c4c(=O)n3Cc3ccccc3)n2)cc1. The third-order valence-corrected chi connectivity index (χ3v) is 7.86. The summed E-state index contributed by atoms with van der Waals surface area (Å²) in [5.74, 6) is 1.39. The van der Waals surface area contributed by atoms with E-state index in [2.05, 4.69) is 15.1 Å². The molecular formula is C29H23N5O2S2. The van der Waals surface area contributed by atoms with Crippen LogP contribution < -0.4 is 5.56 Å². The monoisotopic (exact) mass is 537 g/mol. The second kappa shape index (κ2) is 10.7. The Labute approximate surface area is 227 Å². The van der Waals surface area contributed by atoms with E-state index in [4.69, 9.17) is 9.51 Å². The van der Waals surface area contributed by atoms with Crippen molar-refractivity contribution in [3.8, 4) is 22.5 Å². The number of aromatic amines is 1. The molecule has 3 heterocycles. The van der Waals surface area contributed by atoms with Crippen molar-refractivity contribution in [1.29, 1.82) is 0 Å². The predicted octanol–water partition coefficient (Wildman–Crippen LogP) is 6.50. The van der Waals surface area contributed by atoms with E-state index < -0.39 is 0 Å². The lowest BCUT2D eigenvalue weighted by Gasteiger charge is -2.12. The van der Waals surface area contributed by atoms with Crippen molar-refractivity contribution in [2.75, 3.05) is 6.26 Å². The minimum atomic E-state index is -0.122. The van der Waals surface area contributed by atoms with Crippen LogP contribution in [0.3, 0.4) is 0 Å². The van der Waals surface area contributed by atoms with Gasteiger partial charge in [0, 0.05) is 22.2 Å². The van der Waals surface area contributed by atoms with Crippen LogP contribution in [0, 0.1) is 0 Å². The standard InChI is InChI=1S/C29H23N5O2S2/c1-37-22-14-12-21(13-15-22)27-31-24(36-33-27)18-38-29-32-25-23(20-10-6-3-7-11-20)16-30-26(25)28(35)34(29)17-19-8-4-2-5-9-19/h2-16,30H,17-18H2,1H3. The Kier molecular flexibility index (Phi) is 6.85. The first-order valence-corrected chi connectivity index (χ1v) is 14.2. The zero-order valence-electron chi connectivity index (χ0n) is 20.5. The van der Waals surface area contributed by atoms with Crippen LogP contribution in [0.4, 0.5) is 0 Å². The molecule has 6 rings (SSSR count). The first kappa shape index (κ1) is 24.3. The number of fused-ring (bicyclic) bond motifs is 1. The quantitative estimate of drug-likeness (QED) is 0.175. The minimum absolute atomic E-state index is 0.122. The molecule has 0 aliphatic carbocycles. The Balaban J connectivity index is 1.35. The molecule has 38 heavy (non-hydrogen) atoms. The number of thioether (sulfide) groups is 2. The second-order valence-electron chi connectivity index (χ2n) is 8.59. The van der Waals surface area contributed by atoms with E-state index >= 15 is 0 Å². The van der Waals surface area contributed by atoms with Gasteiger partial charge in [0.25, 0.3) is 5.56 Å². The van der Waals surface area contributed by atoms with Gasteiger partial charge in [0.1, 0.15) is 11.0 Å². The van der Waals surface area contributed by atoms with Gasteiger partial charge in [-0.05, 0) is 41.6 Å². The van der Waals surface area contributed by atoms with Crippen LogP contribution in [0.25, 0.3) is 33.5 Å². The summed E-state index contributed by atoms with van der Waals surface area (Å²) in [5, 5.41) is 4.75. The lowest BCUT2D eigenvalue weighted by Crippen LogP contribution is -2.24. The van der Waals surface area contributed by atoms with Gasteiger partial charge in [-0.15, -0.1) is 11.8 Å². The van der Waals surface area contributed by atoms with Crippen molar-refractivity contribution in [2.45, 2.75) is 22.3 Å². The van der Waals surface area contributed by atoms with Gasteiger partial charge in [-0.2, -0.15) is 4.98 Å². The van der Waals surface area contributed by atoms with E-state index in [0.717, 1.165) is 22.3 Å². The number of rotatable bonds is 8. The van der Waals surface area contributed by atoms with Crippen LogP contribution in [0.15, 0.2) is 110 Å². The summed E-state index contributed by atoms with van der Waals surface area (Å²) < 4.78 is 7.24. The van der Waals surface area contributed by atoms with Gasteiger partial charge in [0.05, 0.1) is 12.3 Å². The van der Waals surface area contributed by atoms with Crippen molar-refractivity contribution in [1.82, 2.24) is 24.7 Å². The van der Waals surface area contributed by atoms with Crippen LogP contribution in [-0.2, 0) is 12.3 Å². The number of nitrogens with one attached hydrogen (secondary N) is 1. The molecule has 6 aromatic rings. The fourth-order valence-electron chi connectivity index (χ4n) is 4.22. The topological polar surface area (TPSA) is 89.6 Å². The summed E-state index contributed by atoms with van der Waals surface area (Å²) in [6.45, 7) is 0.404. The number of hydrogen-bond donors (Lipinski definition) is 1. The molecule has 3 aromatic carbocycles. The maximum atomic E-state index is 13.7. The molecule has 1 N–H and O–H groups in total. The van der Waals surface area contributed by atoms with E-state index in [1.54, 1.807) is 16.3 Å². The van der Waals surface area contributed by atoms with E-state index in [9.17, 15) is 4.79 Å². The third-order valence-electron chi connectivity index (χ3n) is 6.16. The summed E-state index contributed by atoms with van der Waals surface area (Å²) >= 11 is 3.09. The number of hydrogen-bond acceptors (Lipinski definition) is 7. The maximum Gasteiger partial charge on any atom is 0.278 e. The van der Waals surface area contributed by atoms with Gasteiger partial charge in [-0.25, -0.2) is 4.98 Å². The Morgan fingerprint density at radius 1 is 0.895 bits per heavy atom. The summed E-state index contributed by atoms with van der Waals surface area (Å²) in [7, 11) is 0. The Morgan fingerprint density at radius 3 is 2.37 bits per heavy atom. The maximum absolute atomic E-state index is 13.7. The van der Waals surface area contributed by atoms with Crippen LogP contribution in [-0.4, -0.2) is 30.9 Å². The first-order valence-electron chi connectivity index (χ1n) is 12.0. The van der Waals surface area contributed by atoms with Crippen LogP contribution >= 0.6 is 23.5 Å². The molecule has 0 bridgehead atoms. The molecule has 3 aromatic heterocycles. The summed E-state index contributed by atoms with van der Waals surface area (Å²) in [4.78, 5) is 27.6. The Bertz CT molecular complexity index is 1740. The molecule has 0 amide bonds. The molecule has 0 unspecified atom stereocenters. The van der Waals surface area contributed by atoms with E-state index in [1.165, 1.54) is 16.7 Å². The lowest BCUT2D eigenvalue weighted by molar-refractivity contribution is 0.391. The molecule has 188 valence electrons. The molecule has 0 saturated carbocycles. The van der Waals surface area contributed by atoms with E-state index in [1.807, 2.05) is 97.4 Å². The molecular weight excluding hydrogens is 514 g/mol. The van der Waals surface area contributed by atoms with Crippen molar-refractivity contribution in [3.63, 3.8) is 0 Å². The van der Waals surface area contributed by atoms with Crippen LogP contribution in [0.1, 0.15) is 11.5 Å². The van der Waals surface area contributed by atoms with E-state index in [-0.39, 0.29) is 5.56 Å². The van der Waals surface area contributed by atoms with Gasteiger partial charge in [0.15, 0.2) is 5.16 Å². The average molecular weight is 538 g/mol. The van der Waals surface area contributed by atoms with Crippen molar-refractivity contribution >= 4 is 34.6 Å². The highest BCUT2D eigenvalue weighted by Gasteiger charge is 2.18. The minimum Gasteiger partial charge on any atom is -0.355 e. The van der Waals surface area contributed by atoms with Crippen molar-refractivity contribution in [2.24, 2.45) is 0 Å². The Hall–Kier alpha value is -4.08. The largest absolute Gasteiger partial charge is 0.355 e. The summed E-state index contributed by atoms with van der Waals surface area (Å²) in [5.41, 5.74) is 4.80. The number of H-pyrrole nitrogens is 1. The smallest absolute Gasteiger partial charge is 0.278 e. The fraction of sp³-hybridized carbons (Fsp3) is 0.103. The summed E-state index contributed by atoms with van der Waals surface area (Å²) in [6, 6.07) is 27.9. The molecule has 0 aliphatic heterocycles. The third kappa shape index (κ3) is 4.90. The molecule has 0 fully saturated rings. The zero-order valence-corrected chi connectivity index (χ0v) is 22.1. The lowest BCUT2D eigenvalue weighted by atomic mass is 10.1. The highest BCUT2D eigenvalue weighted by molar-refractivity contribution is 7.98. The molecule has 0 aliphatic rings. The molecule has 0 atom stereocenters. The zero-order chi connectivity index (χ0) is 25.9. The van der Waals surface area contributed by atoms with Gasteiger partial charge >= 0.3 is 0 Å². The fourth-order valence-corrected chi connectivity index (χ4v) is 5.46. The van der Waals surface area contributed by atoms with Gasteiger partial charge in [0.2, 0.25) is 11.7 Å². The van der Waals surface area contributed by atoms with Crippen molar-refractivity contribution < 1.29 is 4.52 Å². The number of aromatic nitrogens is 5. The van der Waals surface area contributed by atoms with E-state index in [0.29, 0.717) is 40.2 Å². The highest BCUT2D eigenvalue weighted by Crippen LogP contribution is 2.29. The molecule has 0 radical (unpaired) electrons. The molecule has 7 nitrogen and oxygen atoms in total. The van der Waals surface area contributed by atoms with Gasteiger partial charge < -0.3 is 9.51 Å². The molecule has 0 spiro atoms. The molecule has 0 saturated heterocycles. The molecule has 9 heteroatoms. The summed E-state index contributed by atoms with van der Waals surface area (Å²) in [6.07, 6.45) is 3.89. The van der Waals surface area contributed by atoms with Crippen LogP contribution in [0.2, 0.25) is 0 Å². The Morgan fingerprint density at radius 2 is 1.63 bits per heavy atom. The van der Waals surface area contributed by atoms with Gasteiger partial charge in [-0.1, -0.05) is 77.6 Å². The number of nitrogens with zero attached hydrogens (tertiary/aromatic N) is 4. The van der Waals surface area contributed by atoms with Crippen molar-refractivity contribution in [3.05, 3.63) is 113 Å². The number of benzene rings is 3. The normalized spacial score (nSPS) is 11.3.